The Morgan fingerprint density at radius 1 is 1.00 bits per heavy atom. The Bertz CT molecular complexity index is 195. The molecule has 1 rings (SSSR count). The van der Waals surface area contributed by atoms with Gasteiger partial charge in [0.2, 0.25) is 0 Å². The second kappa shape index (κ2) is 3.59. The summed E-state index contributed by atoms with van der Waals surface area (Å²) in [5, 5.41) is 0. The highest BCUT2D eigenvalue weighted by atomic mass is 28.4. The Hall–Kier alpha value is 0.0969. The third-order valence-electron chi connectivity index (χ3n) is 2.62. The Balaban J connectivity index is 2.87. The zero-order valence-electron chi connectivity index (χ0n) is 10.1. The maximum atomic E-state index is 5.97. The van der Waals surface area contributed by atoms with Crippen molar-refractivity contribution in [3.63, 3.8) is 0 Å². The van der Waals surface area contributed by atoms with E-state index in [1.165, 1.54) is 0 Å². The van der Waals surface area contributed by atoms with E-state index in [1.807, 2.05) is 6.55 Å². The first kappa shape index (κ1) is 12.2. The molecule has 0 aromatic carbocycles. The summed E-state index contributed by atoms with van der Waals surface area (Å²) in [5.74, 6) is 0. The van der Waals surface area contributed by atoms with E-state index in [0.717, 1.165) is 12.8 Å². The number of hydrogen-bond donors (Lipinski definition) is 0. The quantitative estimate of drug-likeness (QED) is 0.633. The molecule has 0 spiro atoms. The molecule has 1 heterocycles. The van der Waals surface area contributed by atoms with Crippen LogP contribution in [-0.2, 0) is 13.3 Å². The summed E-state index contributed by atoms with van der Waals surface area (Å²) in [7, 11) is -0.761. The van der Waals surface area contributed by atoms with Gasteiger partial charge in [-0.2, -0.15) is 0 Å². The van der Waals surface area contributed by atoms with Crippen LogP contribution in [0.3, 0.4) is 0 Å². The highest BCUT2D eigenvalue weighted by Gasteiger charge is 2.47. The maximum Gasteiger partial charge on any atom is 0.498 e. The minimum atomic E-state index is -2.43. The Kier molecular flexibility index (Phi) is 3.12. The highest BCUT2D eigenvalue weighted by Crippen LogP contribution is 2.35. The topological polar surface area (TPSA) is 27.7 Å². The van der Waals surface area contributed by atoms with E-state index in [4.69, 9.17) is 13.3 Å². The van der Waals surface area contributed by atoms with Crippen LogP contribution in [0.4, 0.5) is 0 Å². The average molecular weight is 218 g/mol. The van der Waals surface area contributed by atoms with Crippen LogP contribution in [-0.4, -0.2) is 27.1 Å². The third-order valence-corrected chi connectivity index (χ3v) is 5.21. The van der Waals surface area contributed by atoms with Gasteiger partial charge in [-0.3, -0.25) is 0 Å². The second-order valence-corrected chi connectivity index (χ2v) is 7.83. The van der Waals surface area contributed by atoms with E-state index in [0.29, 0.717) is 0 Å². The summed E-state index contributed by atoms with van der Waals surface area (Å²) in [6, 6.07) is 0. The lowest BCUT2D eigenvalue weighted by molar-refractivity contribution is -0.00971. The molecule has 4 heteroatoms. The van der Waals surface area contributed by atoms with Gasteiger partial charge in [-0.15, -0.1) is 0 Å². The van der Waals surface area contributed by atoms with E-state index < -0.39 is 8.80 Å². The molecule has 1 fully saturated rings. The van der Waals surface area contributed by atoms with Gasteiger partial charge in [-0.1, -0.05) is 0 Å². The van der Waals surface area contributed by atoms with E-state index in [9.17, 15) is 0 Å². The van der Waals surface area contributed by atoms with Crippen molar-refractivity contribution >= 4 is 8.80 Å². The molecule has 1 aliphatic heterocycles. The van der Waals surface area contributed by atoms with Gasteiger partial charge >= 0.3 is 8.80 Å². The van der Waals surface area contributed by atoms with Crippen molar-refractivity contribution in [3.8, 4) is 0 Å². The standard InChI is InChI=1S/C10H22O3Si/c1-9(2)7-8-10(3,4)13-14(6,11-5)12-9/h7-8H2,1-6H3. The van der Waals surface area contributed by atoms with Crippen molar-refractivity contribution in [3.05, 3.63) is 0 Å². The zero-order chi connectivity index (χ0) is 11.0. The Labute approximate surface area is 88.1 Å². The molecule has 3 nitrogen and oxygen atoms in total. The fourth-order valence-electron chi connectivity index (χ4n) is 1.81. The van der Waals surface area contributed by atoms with Gasteiger partial charge in [0.25, 0.3) is 0 Å². The molecule has 0 aliphatic carbocycles. The predicted octanol–water partition coefficient (Wildman–Crippen LogP) is 2.59. The van der Waals surface area contributed by atoms with Gasteiger partial charge in [0.15, 0.2) is 0 Å². The van der Waals surface area contributed by atoms with Crippen molar-refractivity contribution in [2.24, 2.45) is 0 Å². The first-order chi connectivity index (χ1) is 6.18. The summed E-state index contributed by atoms with van der Waals surface area (Å²) < 4.78 is 17.4. The van der Waals surface area contributed by atoms with Gasteiger partial charge in [0, 0.05) is 13.7 Å². The summed E-state index contributed by atoms with van der Waals surface area (Å²) in [4.78, 5) is 0. The molecule has 0 unspecified atom stereocenters. The molecule has 0 aromatic rings. The van der Waals surface area contributed by atoms with E-state index in [2.05, 4.69) is 27.7 Å². The van der Waals surface area contributed by atoms with Crippen LogP contribution >= 0.6 is 0 Å². The van der Waals surface area contributed by atoms with Crippen molar-refractivity contribution in [2.45, 2.75) is 58.3 Å². The summed E-state index contributed by atoms with van der Waals surface area (Å²) in [5.41, 5.74) is -0.268. The molecule has 84 valence electrons. The minimum Gasteiger partial charge on any atom is -0.377 e. The van der Waals surface area contributed by atoms with Crippen molar-refractivity contribution in [1.82, 2.24) is 0 Å². The lowest BCUT2D eigenvalue weighted by Crippen LogP contribution is -2.49. The Morgan fingerprint density at radius 2 is 1.36 bits per heavy atom. The maximum absolute atomic E-state index is 5.97. The van der Waals surface area contributed by atoms with Gasteiger partial charge in [-0.05, 0) is 40.5 Å². The molecule has 1 saturated heterocycles. The van der Waals surface area contributed by atoms with Crippen LogP contribution in [0.15, 0.2) is 0 Å². The normalized spacial score (nSPS) is 29.6. The molecule has 14 heavy (non-hydrogen) atoms. The summed E-state index contributed by atoms with van der Waals surface area (Å²) in [6.45, 7) is 10.4. The molecule has 0 atom stereocenters. The minimum absolute atomic E-state index is 0.134. The molecule has 0 saturated carbocycles. The number of rotatable bonds is 1. The van der Waals surface area contributed by atoms with Crippen LogP contribution in [0, 0.1) is 0 Å². The van der Waals surface area contributed by atoms with Crippen molar-refractivity contribution in [1.29, 1.82) is 0 Å². The van der Waals surface area contributed by atoms with Crippen LogP contribution in [0.25, 0.3) is 0 Å². The van der Waals surface area contributed by atoms with Crippen LogP contribution in [0.5, 0.6) is 0 Å². The molecular formula is C10H22O3Si. The average Bonchev–Trinajstić information content (AvgIpc) is 2.06. The molecule has 0 aromatic heterocycles. The fraction of sp³-hybridized carbons (Fsp3) is 1.00. The molecule has 1 aliphatic rings. The highest BCUT2D eigenvalue weighted by molar-refractivity contribution is 6.59. The van der Waals surface area contributed by atoms with E-state index in [1.54, 1.807) is 7.11 Å². The second-order valence-electron chi connectivity index (χ2n) is 5.29. The molecule has 0 amide bonds. The predicted molar refractivity (Wildman–Crippen MR) is 58.2 cm³/mol. The lowest BCUT2D eigenvalue weighted by Gasteiger charge is -2.33. The SMILES string of the molecule is CO[Si]1(C)OC(C)(C)CCC(C)(C)O1. The van der Waals surface area contributed by atoms with Crippen LogP contribution in [0.2, 0.25) is 6.55 Å². The van der Waals surface area contributed by atoms with Gasteiger partial charge in [-0.25, -0.2) is 0 Å². The lowest BCUT2D eigenvalue weighted by atomic mass is 9.94. The fourth-order valence-corrected chi connectivity index (χ4v) is 4.23. The third kappa shape index (κ3) is 3.05. The summed E-state index contributed by atoms with van der Waals surface area (Å²) >= 11 is 0. The van der Waals surface area contributed by atoms with Crippen molar-refractivity contribution in [2.75, 3.05) is 7.11 Å². The molecule has 0 N–H and O–H groups in total. The zero-order valence-corrected chi connectivity index (χ0v) is 11.1. The number of hydrogen-bond acceptors (Lipinski definition) is 3. The first-order valence-corrected chi connectivity index (χ1v) is 7.36. The van der Waals surface area contributed by atoms with Crippen LogP contribution in [0.1, 0.15) is 40.5 Å². The largest absolute Gasteiger partial charge is 0.498 e. The van der Waals surface area contributed by atoms with Crippen LogP contribution < -0.4 is 0 Å². The van der Waals surface area contributed by atoms with E-state index in [-0.39, 0.29) is 11.2 Å². The smallest absolute Gasteiger partial charge is 0.377 e. The van der Waals surface area contributed by atoms with Gasteiger partial charge in [0.05, 0.1) is 11.2 Å². The monoisotopic (exact) mass is 218 g/mol. The first-order valence-electron chi connectivity index (χ1n) is 5.14. The van der Waals surface area contributed by atoms with Crippen molar-refractivity contribution < 1.29 is 13.3 Å². The molecule has 0 radical (unpaired) electrons. The van der Waals surface area contributed by atoms with Gasteiger partial charge < -0.3 is 13.3 Å². The van der Waals surface area contributed by atoms with E-state index >= 15 is 0 Å². The molecule has 0 bridgehead atoms. The Morgan fingerprint density at radius 3 is 1.64 bits per heavy atom. The molecular weight excluding hydrogens is 196 g/mol. The van der Waals surface area contributed by atoms with Gasteiger partial charge in [0.1, 0.15) is 0 Å². The summed E-state index contributed by atoms with van der Waals surface area (Å²) in [6.07, 6.45) is 2.01.